The molecule has 0 spiro atoms. The molecule has 11 heteroatoms. The number of carboxylic acid groups (broad SMARTS) is 1. The van der Waals surface area contributed by atoms with Gasteiger partial charge in [0, 0.05) is 54.3 Å². The molecule has 6 rings (SSSR count). The number of fused-ring (bicyclic) bond motifs is 3. The summed E-state index contributed by atoms with van der Waals surface area (Å²) in [6.07, 6.45) is 2.43. The summed E-state index contributed by atoms with van der Waals surface area (Å²) >= 11 is 0. The van der Waals surface area contributed by atoms with Crippen LogP contribution >= 0.6 is 0 Å². The Balaban J connectivity index is 1.36. The van der Waals surface area contributed by atoms with Gasteiger partial charge in [0.25, 0.3) is 0 Å². The van der Waals surface area contributed by atoms with Crippen LogP contribution in [0.1, 0.15) is 5.56 Å². The summed E-state index contributed by atoms with van der Waals surface area (Å²) in [6.45, 7) is 1.86. The van der Waals surface area contributed by atoms with Gasteiger partial charge in [-0.15, -0.1) is 0 Å². The molecule has 4 heterocycles. The van der Waals surface area contributed by atoms with E-state index in [0.717, 1.165) is 43.9 Å². The molecule has 0 bridgehead atoms. The van der Waals surface area contributed by atoms with E-state index in [9.17, 15) is 9.90 Å². The van der Waals surface area contributed by atoms with Crippen molar-refractivity contribution in [3.63, 3.8) is 0 Å². The van der Waals surface area contributed by atoms with Gasteiger partial charge < -0.3 is 29.2 Å². The predicted molar refractivity (Wildman–Crippen MR) is 147 cm³/mol. The van der Waals surface area contributed by atoms with Gasteiger partial charge in [-0.05, 0) is 35.9 Å². The van der Waals surface area contributed by atoms with Crippen molar-refractivity contribution in [1.29, 1.82) is 0 Å². The number of nitrogens with zero attached hydrogens (tertiary/aromatic N) is 5. The van der Waals surface area contributed by atoms with E-state index in [0.29, 0.717) is 42.4 Å². The fraction of sp³-hybridized carbons (Fsp3) is 0.214. The molecule has 0 saturated carbocycles. The van der Waals surface area contributed by atoms with Crippen LogP contribution in [0.3, 0.4) is 0 Å². The normalized spacial score (nSPS) is 13.1. The molecule has 2 aromatic carbocycles. The quantitative estimate of drug-likeness (QED) is 0.335. The van der Waals surface area contributed by atoms with Crippen molar-refractivity contribution in [2.75, 3.05) is 44.2 Å². The average Bonchev–Trinajstić information content (AvgIpc) is 3.27. The molecule has 5 aromatic rings. The molecular formula is C28H26N6O5. The van der Waals surface area contributed by atoms with E-state index < -0.39 is 6.09 Å². The number of imidazole rings is 1. The lowest BCUT2D eigenvalue weighted by Gasteiger charge is -2.24. The Morgan fingerprint density at radius 2 is 1.90 bits per heavy atom. The number of aromatic amines is 1. The summed E-state index contributed by atoms with van der Waals surface area (Å²) in [4.78, 5) is 30.9. The maximum absolute atomic E-state index is 11.3. The number of anilines is 2. The van der Waals surface area contributed by atoms with Gasteiger partial charge in [-0.3, -0.25) is 9.88 Å². The second-order valence-electron chi connectivity index (χ2n) is 9.14. The van der Waals surface area contributed by atoms with Crippen LogP contribution in [0.15, 0.2) is 54.9 Å². The van der Waals surface area contributed by atoms with Crippen LogP contribution in [0.25, 0.3) is 33.2 Å². The van der Waals surface area contributed by atoms with E-state index in [1.807, 2.05) is 36.4 Å². The molecule has 2 N–H and O–H groups in total. The van der Waals surface area contributed by atoms with Gasteiger partial charge in [0.2, 0.25) is 5.95 Å². The number of ether oxygens (including phenoxy) is 3. The van der Waals surface area contributed by atoms with Gasteiger partial charge in [0.15, 0.2) is 17.1 Å². The van der Waals surface area contributed by atoms with Crippen LogP contribution in [0, 0.1) is 0 Å². The van der Waals surface area contributed by atoms with Gasteiger partial charge in [-0.2, -0.15) is 4.98 Å². The van der Waals surface area contributed by atoms with Gasteiger partial charge in [0.05, 0.1) is 31.8 Å². The number of pyridine rings is 2. The second kappa shape index (κ2) is 9.67. The van der Waals surface area contributed by atoms with Crippen molar-refractivity contribution in [3.05, 3.63) is 60.4 Å². The summed E-state index contributed by atoms with van der Waals surface area (Å²) in [6, 6.07) is 13.8. The molecule has 0 fully saturated rings. The molecular weight excluding hydrogens is 500 g/mol. The number of aromatic nitrogens is 4. The molecule has 0 unspecified atom stereocenters. The third-order valence-corrected chi connectivity index (χ3v) is 6.87. The molecule has 39 heavy (non-hydrogen) atoms. The van der Waals surface area contributed by atoms with Crippen LogP contribution in [-0.2, 0) is 6.54 Å². The molecule has 1 aliphatic heterocycles. The number of methoxy groups -OCH3 is 2. The van der Waals surface area contributed by atoms with Crippen molar-refractivity contribution in [1.82, 2.24) is 19.9 Å². The number of rotatable bonds is 5. The van der Waals surface area contributed by atoms with Crippen molar-refractivity contribution < 1.29 is 24.1 Å². The highest BCUT2D eigenvalue weighted by Crippen LogP contribution is 2.38. The highest BCUT2D eigenvalue weighted by Gasteiger charge is 2.20. The Morgan fingerprint density at radius 1 is 1.08 bits per heavy atom. The lowest BCUT2D eigenvalue weighted by molar-refractivity contribution is 0.203. The van der Waals surface area contributed by atoms with E-state index in [4.69, 9.17) is 14.2 Å². The van der Waals surface area contributed by atoms with Crippen molar-refractivity contribution >= 4 is 39.8 Å². The summed E-state index contributed by atoms with van der Waals surface area (Å²) in [5.74, 6) is 2.33. The molecule has 1 amide bonds. The summed E-state index contributed by atoms with van der Waals surface area (Å²) in [5, 5.41) is 10.2. The zero-order valence-corrected chi connectivity index (χ0v) is 21.6. The number of hydrogen-bond acceptors (Lipinski definition) is 8. The summed E-state index contributed by atoms with van der Waals surface area (Å²) in [7, 11) is 4.66. The summed E-state index contributed by atoms with van der Waals surface area (Å²) < 4.78 is 17.1. The maximum Gasteiger partial charge on any atom is 0.413 e. The van der Waals surface area contributed by atoms with Crippen molar-refractivity contribution in [2.45, 2.75) is 6.54 Å². The lowest BCUT2D eigenvalue weighted by atomic mass is 10.0. The number of benzene rings is 2. The molecule has 0 radical (unpaired) electrons. The van der Waals surface area contributed by atoms with Crippen LogP contribution in [-0.4, -0.2) is 65.6 Å². The molecule has 0 saturated heterocycles. The van der Waals surface area contributed by atoms with Gasteiger partial charge in [-0.25, -0.2) is 9.78 Å². The van der Waals surface area contributed by atoms with Gasteiger partial charge in [0.1, 0.15) is 12.4 Å². The number of H-pyrrole nitrogens is 1. The number of amides is 1. The Morgan fingerprint density at radius 3 is 2.69 bits per heavy atom. The minimum atomic E-state index is -1.11. The predicted octanol–water partition coefficient (Wildman–Crippen LogP) is 4.70. The zero-order valence-electron chi connectivity index (χ0n) is 21.6. The highest BCUT2D eigenvalue weighted by atomic mass is 16.5. The first kappa shape index (κ1) is 24.3. The fourth-order valence-corrected chi connectivity index (χ4v) is 4.81. The third-order valence-electron chi connectivity index (χ3n) is 6.87. The molecule has 0 aliphatic carbocycles. The smallest absolute Gasteiger partial charge is 0.413 e. The monoisotopic (exact) mass is 526 g/mol. The average molecular weight is 527 g/mol. The van der Waals surface area contributed by atoms with Crippen molar-refractivity contribution in [2.24, 2.45) is 0 Å². The molecule has 1 aliphatic rings. The lowest BCUT2D eigenvalue weighted by Crippen LogP contribution is -2.25. The number of carbonyl (C=O) groups is 1. The molecule has 198 valence electrons. The topological polar surface area (TPSA) is 126 Å². The Kier molecular flexibility index (Phi) is 6.02. The van der Waals surface area contributed by atoms with Crippen LogP contribution in [0.2, 0.25) is 0 Å². The van der Waals surface area contributed by atoms with Crippen LogP contribution < -0.4 is 24.0 Å². The Labute approximate surface area is 223 Å². The summed E-state index contributed by atoms with van der Waals surface area (Å²) in [5.41, 5.74) is 5.81. The first-order valence-electron chi connectivity index (χ1n) is 12.3. The number of hydrogen-bond donors (Lipinski definition) is 2. The Bertz CT molecular complexity index is 1720. The Hall–Kier alpha value is -5.06. The first-order valence-corrected chi connectivity index (χ1v) is 12.3. The molecule has 0 atom stereocenters. The van der Waals surface area contributed by atoms with E-state index in [-0.39, 0.29) is 5.95 Å². The first-order chi connectivity index (χ1) is 18.9. The van der Waals surface area contributed by atoms with Crippen molar-refractivity contribution in [3.8, 4) is 28.4 Å². The third kappa shape index (κ3) is 4.37. The minimum Gasteiger partial charge on any atom is -0.493 e. The second-order valence-corrected chi connectivity index (χ2v) is 9.14. The van der Waals surface area contributed by atoms with E-state index >= 15 is 0 Å². The maximum atomic E-state index is 11.3. The van der Waals surface area contributed by atoms with Gasteiger partial charge in [-0.1, -0.05) is 6.07 Å². The van der Waals surface area contributed by atoms with E-state index in [1.165, 1.54) is 7.05 Å². The highest BCUT2D eigenvalue weighted by molar-refractivity contribution is 5.94. The van der Waals surface area contributed by atoms with E-state index in [1.54, 1.807) is 26.6 Å². The molecule has 11 nitrogen and oxygen atoms in total. The minimum absolute atomic E-state index is 0.215. The zero-order chi connectivity index (χ0) is 27.1. The van der Waals surface area contributed by atoms with Gasteiger partial charge >= 0.3 is 6.09 Å². The van der Waals surface area contributed by atoms with Crippen LogP contribution in [0.4, 0.5) is 16.4 Å². The van der Waals surface area contributed by atoms with E-state index in [2.05, 4.69) is 30.9 Å². The largest absolute Gasteiger partial charge is 0.493 e. The van der Waals surface area contributed by atoms with Crippen LogP contribution in [0.5, 0.6) is 17.2 Å². The molecule has 3 aromatic heterocycles. The fourth-order valence-electron chi connectivity index (χ4n) is 4.81. The SMILES string of the molecule is COc1cc2nccc(N3CCOc4ccc(-c5cnc6nc(N(C)C(=O)O)[nH]c6c5)cc4C3)c2cc1OC. The standard InChI is InChI=1S/C28H26N6O5/c1-33(28(35)36)27-31-21-11-17(14-30-26(21)32-27)16-4-5-23-18(10-16)15-34(8-9-39-23)22-6-7-29-20-13-25(38-3)24(37-2)12-19(20)22/h4-7,10-14H,8-9,15H2,1-3H3,(H,35,36)(H,30,31,32). The number of nitrogens with one attached hydrogen (secondary N) is 1.